The second-order valence-electron chi connectivity index (χ2n) is 7.44. The molecule has 0 aliphatic carbocycles. The second kappa shape index (κ2) is 6.97. The Bertz CT molecular complexity index is 1100. The summed E-state index contributed by atoms with van der Waals surface area (Å²) in [6, 6.07) is 24.4. The van der Waals surface area contributed by atoms with Crippen LogP contribution in [0.25, 0.3) is 31.3 Å². The summed E-state index contributed by atoms with van der Waals surface area (Å²) in [5.41, 5.74) is 3.03. The van der Waals surface area contributed by atoms with Crippen molar-refractivity contribution in [3.05, 3.63) is 66.7 Å². The minimum Gasteiger partial charge on any atom is -0.380 e. The number of hydrogen-bond donors (Lipinski definition) is 0. The van der Waals surface area contributed by atoms with Gasteiger partial charge in [-0.2, -0.15) is 0 Å². The van der Waals surface area contributed by atoms with Crippen LogP contribution in [0.1, 0.15) is 13.3 Å². The molecular weight excluding hydrogens is 368 g/mol. The largest absolute Gasteiger partial charge is 0.380 e. The van der Waals surface area contributed by atoms with E-state index in [1.54, 1.807) is 0 Å². The summed E-state index contributed by atoms with van der Waals surface area (Å²) < 4.78 is 8.22. The Labute approximate surface area is 168 Å². The Kier molecular flexibility index (Phi) is 4.47. The summed E-state index contributed by atoms with van der Waals surface area (Å²) in [6.45, 7) is 4.11. The van der Waals surface area contributed by atoms with Gasteiger partial charge in [0.2, 0.25) is 0 Å². The fraction of sp³-hybridized carbons (Fsp3) is 0.250. The zero-order valence-corrected chi connectivity index (χ0v) is 17.0. The van der Waals surface area contributed by atoms with Crippen LogP contribution < -0.4 is 0 Å². The molecule has 0 unspecified atom stereocenters. The minimum atomic E-state index is 0.381. The Morgan fingerprint density at radius 1 is 0.963 bits per heavy atom. The topological polar surface area (TPSA) is 9.23 Å². The third-order valence-corrected chi connectivity index (χ3v) is 8.22. The number of hydrogen-bond acceptors (Lipinski definition) is 3. The molecule has 0 radical (unpaired) electrons. The van der Waals surface area contributed by atoms with Gasteiger partial charge in [-0.15, -0.1) is 23.1 Å². The normalized spacial score (nSPS) is 15.9. The van der Waals surface area contributed by atoms with Crippen LogP contribution in [0, 0.1) is 5.41 Å². The van der Waals surface area contributed by atoms with Gasteiger partial charge in [0.05, 0.1) is 13.2 Å². The van der Waals surface area contributed by atoms with Gasteiger partial charge < -0.3 is 4.74 Å². The minimum absolute atomic E-state index is 0.381. The van der Waals surface area contributed by atoms with Crippen LogP contribution in [0.15, 0.2) is 71.6 Å². The maximum absolute atomic E-state index is 5.48. The van der Waals surface area contributed by atoms with Gasteiger partial charge in [0, 0.05) is 36.2 Å². The van der Waals surface area contributed by atoms with Crippen LogP contribution in [0.2, 0.25) is 0 Å². The van der Waals surface area contributed by atoms with E-state index in [0.717, 1.165) is 19.0 Å². The van der Waals surface area contributed by atoms with Crippen molar-refractivity contribution in [2.24, 2.45) is 5.41 Å². The van der Waals surface area contributed by atoms with Gasteiger partial charge in [-0.25, -0.2) is 0 Å². The Morgan fingerprint density at radius 2 is 1.78 bits per heavy atom. The molecule has 2 heterocycles. The summed E-state index contributed by atoms with van der Waals surface area (Å²) in [5.74, 6) is 1.14. The van der Waals surface area contributed by atoms with E-state index >= 15 is 0 Å². The molecule has 27 heavy (non-hydrogen) atoms. The molecule has 3 aromatic carbocycles. The van der Waals surface area contributed by atoms with E-state index in [1.807, 2.05) is 23.1 Å². The molecule has 4 aromatic rings. The Hall–Kier alpha value is -1.81. The molecule has 136 valence electrons. The standard InChI is InChI=1S/C24H22OS2/c1-2-24(14-25-15-24)16-26-18-8-5-7-17(13-18)19-10-6-11-21-20-9-3-4-12-22(20)27-23(19)21/h3-13H,2,14-16H2,1H3. The smallest absolute Gasteiger partial charge is 0.0552 e. The second-order valence-corrected chi connectivity index (χ2v) is 9.54. The zero-order chi connectivity index (χ0) is 18.3. The van der Waals surface area contributed by atoms with E-state index < -0.39 is 0 Å². The van der Waals surface area contributed by atoms with Crippen molar-refractivity contribution in [3.63, 3.8) is 0 Å². The molecule has 1 nitrogen and oxygen atoms in total. The maximum atomic E-state index is 5.48. The first-order valence-corrected chi connectivity index (χ1v) is 11.3. The van der Waals surface area contributed by atoms with Crippen LogP contribution in [-0.4, -0.2) is 19.0 Å². The first kappa shape index (κ1) is 17.3. The molecule has 1 saturated heterocycles. The number of rotatable bonds is 5. The zero-order valence-electron chi connectivity index (χ0n) is 15.4. The van der Waals surface area contributed by atoms with E-state index in [2.05, 4.69) is 73.7 Å². The highest BCUT2D eigenvalue weighted by atomic mass is 32.2. The van der Waals surface area contributed by atoms with Crippen molar-refractivity contribution >= 4 is 43.3 Å². The number of ether oxygens (including phenoxy) is 1. The molecule has 1 fully saturated rings. The van der Waals surface area contributed by atoms with Crippen molar-refractivity contribution < 1.29 is 4.74 Å². The number of fused-ring (bicyclic) bond motifs is 3. The number of thioether (sulfide) groups is 1. The van der Waals surface area contributed by atoms with Crippen molar-refractivity contribution in [2.75, 3.05) is 19.0 Å². The molecule has 0 bridgehead atoms. The van der Waals surface area contributed by atoms with E-state index in [1.165, 1.54) is 42.6 Å². The van der Waals surface area contributed by atoms with E-state index in [0.29, 0.717) is 5.41 Å². The molecule has 0 saturated carbocycles. The van der Waals surface area contributed by atoms with E-state index in [9.17, 15) is 0 Å². The Balaban J connectivity index is 1.51. The molecule has 1 aromatic heterocycles. The Morgan fingerprint density at radius 3 is 2.59 bits per heavy atom. The molecule has 3 heteroatoms. The van der Waals surface area contributed by atoms with E-state index in [4.69, 9.17) is 4.74 Å². The molecule has 0 spiro atoms. The summed E-state index contributed by atoms with van der Waals surface area (Å²) in [6.07, 6.45) is 1.20. The molecule has 0 atom stereocenters. The lowest BCUT2D eigenvalue weighted by Crippen LogP contribution is -2.44. The highest BCUT2D eigenvalue weighted by molar-refractivity contribution is 7.99. The first-order valence-electron chi connectivity index (χ1n) is 9.49. The number of thiophene rings is 1. The third-order valence-electron chi connectivity index (χ3n) is 5.66. The van der Waals surface area contributed by atoms with Gasteiger partial charge in [0.15, 0.2) is 0 Å². The fourth-order valence-corrected chi connectivity index (χ4v) is 6.21. The summed E-state index contributed by atoms with van der Waals surface area (Å²) >= 11 is 3.87. The maximum Gasteiger partial charge on any atom is 0.0552 e. The van der Waals surface area contributed by atoms with Crippen LogP contribution in [0.4, 0.5) is 0 Å². The SMILES string of the molecule is CCC1(CSc2cccc(-c3cccc4c3sc3ccccc34)c2)COC1. The van der Waals surface area contributed by atoms with Gasteiger partial charge >= 0.3 is 0 Å². The monoisotopic (exact) mass is 390 g/mol. The average Bonchev–Trinajstić information content (AvgIpc) is 3.06. The van der Waals surface area contributed by atoms with Crippen molar-refractivity contribution in [1.82, 2.24) is 0 Å². The third kappa shape index (κ3) is 3.08. The summed E-state index contributed by atoms with van der Waals surface area (Å²) in [5, 5.41) is 2.72. The molecule has 0 amide bonds. The van der Waals surface area contributed by atoms with Crippen LogP contribution in [-0.2, 0) is 4.74 Å². The summed E-state index contributed by atoms with van der Waals surface area (Å²) in [4.78, 5) is 1.35. The lowest BCUT2D eigenvalue weighted by Gasteiger charge is -2.40. The average molecular weight is 391 g/mol. The van der Waals surface area contributed by atoms with Crippen molar-refractivity contribution in [1.29, 1.82) is 0 Å². The fourth-order valence-electron chi connectivity index (χ4n) is 3.74. The van der Waals surface area contributed by atoms with Gasteiger partial charge in [0.25, 0.3) is 0 Å². The molecule has 1 aliphatic heterocycles. The van der Waals surface area contributed by atoms with Gasteiger partial charge in [-0.3, -0.25) is 0 Å². The highest BCUT2D eigenvalue weighted by Crippen LogP contribution is 2.41. The quantitative estimate of drug-likeness (QED) is 0.332. The van der Waals surface area contributed by atoms with Gasteiger partial charge in [0.1, 0.15) is 0 Å². The first-order chi connectivity index (χ1) is 13.3. The summed E-state index contributed by atoms with van der Waals surface area (Å²) in [7, 11) is 0. The van der Waals surface area contributed by atoms with Crippen LogP contribution in [0.5, 0.6) is 0 Å². The lowest BCUT2D eigenvalue weighted by atomic mass is 9.86. The molecule has 1 aliphatic rings. The molecule has 5 rings (SSSR count). The lowest BCUT2D eigenvalue weighted by molar-refractivity contribution is -0.0994. The van der Waals surface area contributed by atoms with Crippen molar-refractivity contribution in [3.8, 4) is 11.1 Å². The highest BCUT2D eigenvalue weighted by Gasteiger charge is 2.36. The number of benzene rings is 3. The van der Waals surface area contributed by atoms with Crippen LogP contribution >= 0.6 is 23.1 Å². The van der Waals surface area contributed by atoms with Crippen molar-refractivity contribution in [2.45, 2.75) is 18.2 Å². The van der Waals surface area contributed by atoms with E-state index in [-0.39, 0.29) is 0 Å². The predicted octanol–water partition coefficient (Wildman–Crippen LogP) is 7.24. The van der Waals surface area contributed by atoms with Gasteiger partial charge in [-0.1, -0.05) is 55.5 Å². The predicted molar refractivity (Wildman–Crippen MR) is 119 cm³/mol. The molecular formula is C24H22OS2. The van der Waals surface area contributed by atoms with Crippen LogP contribution in [0.3, 0.4) is 0 Å². The van der Waals surface area contributed by atoms with Gasteiger partial charge in [-0.05, 0) is 35.7 Å². The molecule has 0 N–H and O–H groups in total.